The van der Waals surface area contributed by atoms with Crippen molar-refractivity contribution in [1.29, 1.82) is 0 Å². The van der Waals surface area contributed by atoms with Gasteiger partial charge in [-0.05, 0) is 25.7 Å². The van der Waals surface area contributed by atoms with Gasteiger partial charge in [-0.25, -0.2) is 4.57 Å². The van der Waals surface area contributed by atoms with Gasteiger partial charge >= 0.3 is 7.82 Å². The highest BCUT2D eigenvalue weighted by Gasteiger charge is 2.45. The first-order chi connectivity index (χ1) is 13.1. The van der Waals surface area contributed by atoms with Crippen LogP contribution in [0.25, 0.3) is 0 Å². The predicted octanol–water partition coefficient (Wildman–Crippen LogP) is 0.0903. The summed E-state index contributed by atoms with van der Waals surface area (Å²) in [6.07, 6.45) is 7.55. The van der Waals surface area contributed by atoms with Crippen LogP contribution in [0.3, 0.4) is 0 Å². The van der Waals surface area contributed by atoms with Gasteiger partial charge in [0.05, 0.1) is 6.61 Å². The fourth-order valence-electron chi connectivity index (χ4n) is 3.36. The van der Waals surface area contributed by atoms with Crippen molar-refractivity contribution >= 4 is 7.82 Å². The first-order valence-electron chi connectivity index (χ1n) is 10.0. The van der Waals surface area contributed by atoms with Gasteiger partial charge in [-0.1, -0.05) is 38.5 Å². The summed E-state index contributed by atoms with van der Waals surface area (Å²) >= 11 is 0. The number of hydrogen-bond acceptors (Lipinski definition) is 8. The summed E-state index contributed by atoms with van der Waals surface area (Å²) in [7, 11) is -4.79. The van der Waals surface area contributed by atoms with E-state index in [0.29, 0.717) is 12.1 Å². The standard InChI is InChI=1S/2C6H13N.C5H11O8P/c2*7-6-4-2-1-3-5-6;6-1-2-3(7)4(8)5(12-2)13-14(9,10)11/h2*6H,1-5,7H2;2-8H,1H2,(H2,9,10,11)/t;;2-,3-,4-,5?/m..1/s1. The molecule has 1 unspecified atom stereocenters. The van der Waals surface area contributed by atoms with E-state index in [9.17, 15) is 4.57 Å². The number of hydrogen-bond donors (Lipinski definition) is 7. The van der Waals surface area contributed by atoms with Crippen LogP contribution >= 0.6 is 7.82 Å². The zero-order valence-corrected chi connectivity index (χ0v) is 17.2. The fraction of sp³-hybridized carbons (Fsp3) is 1.00. The molecular formula is C17H37N2O8P. The first kappa shape index (κ1) is 25.9. The molecule has 9 N–H and O–H groups in total. The highest BCUT2D eigenvalue weighted by atomic mass is 31.2. The SMILES string of the molecule is NC1CCCCC1.NC1CCCCC1.O=P(O)(O)OC1O[C@H](CO)[C@@H](O)[C@H]1O. The Balaban J connectivity index is 0.000000233. The Morgan fingerprint density at radius 2 is 1.29 bits per heavy atom. The summed E-state index contributed by atoms with van der Waals surface area (Å²) in [5.41, 5.74) is 11.3. The van der Waals surface area contributed by atoms with Crippen LogP contribution in [0.1, 0.15) is 64.2 Å². The molecule has 0 aromatic carbocycles. The van der Waals surface area contributed by atoms with Crippen molar-refractivity contribution < 1.29 is 38.9 Å². The van der Waals surface area contributed by atoms with Crippen molar-refractivity contribution in [3.05, 3.63) is 0 Å². The van der Waals surface area contributed by atoms with Crippen LogP contribution < -0.4 is 11.5 Å². The third-order valence-corrected chi connectivity index (χ3v) is 5.52. The maximum Gasteiger partial charge on any atom is 0.472 e. The van der Waals surface area contributed by atoms with E-state index < -0.39 is 39.0 Å². The summed E-state index contributed by atoms with van der Waals surface area (Å²) in [5.74, 6) is 0. The van der Waals surface area contributed by atoms with Crippen LogP contribution in [0.2, 0.25) is 0 Å². The number of phosphoric acid groups is 1. The van der Waals surface area contributed by atoms with Crippen LogP contribution in [0, 0.1) is 0 Å². The molecule has 1 saturated heterocycles. The molecule has 3 aliphatic rings. The average molecular weight is 428 g/mol. The molecule has 10 nitrogen and oxygen atoms in total. The number of nitrogens with two attached hydrogens (primary N) is 2. The Morgan fingerprint density at radius 3 is 1.54 bits per heavy atom. The maximum atomic E-state index is 10.4. The van der Waals surface area contributed by atoms with E-state index in [1.54, 1.807) is 0 Å². The van der Waals surface area contributed by atoms with E-state index in [1.165, 1.54) is 64.2 Å². The van der Waals surface area contributed by atoms with Crippen LogP contribution in [0.4, 0.5) is 0 Å². The molecule has 168 valence electrons. The fourth-order valence-corrected chi connectivity index (χ4v) is 3.80. The smallest absolute Gasteiger partial charge is 0.394 e. The van der Waals surface area contributed by atoms with E-state index in [2.05, 4.69) is 9.26 Å². The summed E-state index contributed by atoms with van der Waals surface area (Å²) < 4.78 is 19.1. The monoisotopic (exact) mass is 428 g/mol. The molecule has 1 aliphatic heterocycles. The lowest BCUT2D eigenvalue weighted by Crippen LogP contribution is -2.34. The van der Waals surface area contributed by atoms with Gasteiger partial charge in [0, 0.05) is 12.1 Å². The van der Waals surface area contributed by atoms with Crippen molar-refractivity contribution in [2.24, 2.45) is 11.5 Å². The number of ether oxygens (including phenoxy) is 1. The lowest BCUT2D eigenvalue weighted by Gasteiger charge is -2.15. The van der Waals surface area contributed by atoms with E-state index in [1.807, 2.05) is 0 Å². The normalized spacial score (nSPS) is 32.1. The molecule has 2 aliphatic carbocycles. The lowest BCUT2D eigenvalue weighted by molar-refractivity contribution is -0.126. The third kappa shape index (κ3) is 10.6. The quantitative estimate of drug-likeness (QED) is 0.303. The molecular weight excluding hydrogens is 391 g/mol. The molecule has 0 aromatic rings. The van der Waals surface area contributed by atoms with Crippen LogP contribution in [0.5, 0.6) is 0 Å². The predicted molar refractivity (Wildman–Crippen MR) is 103 cm³/mol. The molecule has 0 amide bonds. The summed E-state index contributed by atoms with van der Waals surface area (Å²) in [6, 6.07) is 1.07. The maximum absolute atomic E-state index is 10.4. The summed E-state index contributed by atoms with van der Waals surface area (Å²) in [4.78, 5) is 16.8. The van der Waals surface area contributed by atoms with Gasteiger partial charge in [-0.15, -0.1) is 0 Å². The Bertz CT molecular complexity index is 438. The summed E-state index contributed by atoms with van der Waals surface area (Å²) in [6.45, 7) is -0.584. The van der Waals surface area contributed by atoms with Gasteiger partial charge in [0.15, 0.2) is 6.29 Å². The van der Waals surface area contributed by atoms with Gasteiger partial charge in [0.2, 0.25) is 0 Å². The Morgan fingerprint density at radius 1 is 0.857 bits per heavy atom. The van der Waals surface area contributed by atoms with Gasteiger partial charge in [0.1, 0.15) is 18.3 Å². The number of aliphatic hydroxyl groups is 3. The van der Waals surface area contributed by atoms with Crippen molar-refractivity contribution in [1.82, 2.24) is 0 Å². The largest absolute Gasteiger partial charge is 0.472 e. The molecule has 0 bridgehead atoms. The minimum absolute atomic E-state index is 0.536. The third-order valence-electron chi connectivity index (χ3n) is 5.04. The Hall–Kier alpha value is -0.130. The minimum atomic E-state index is -4.79. The van der Waals surface area contributed by atoms with Gasteiger partial charge < -0.3 is 41.3 Å². The van der Waals surface area contributed by atoms with Crippen molar-refractivity contribution in [2.75, 3.05) is 6.61 Å². The zero-order chi connectivity index (χ0) is 21.2. The van der Waals surface area contributed by atoms with Gasteiger partial charge in [-0.2, -0.15) is 0 Å². The minimum Gasteiger partial charge on any atom is -0.394 e. The average Bonchev–Trinajstić information content (AvgIpc) is 2.90. The molecule has 0 radical (unpaired) electrons. The molecule has 2 saturated carbocycles. The van der Waals surface area contributed by atoms with Crippen molar-refractivity contribution in [3.63, 3.8) is 0 Å². The molecule has 3 fully saturated rings. The number of rotatable bonds is 3. The molecule has 0 spiro atoms. The molecule has 28 heavy (non-hydrogen) atoms. The second kappa shape index (κ2) is 13.2. The van der Waals surface area contributed by atoms with Gasteiger partial charge in [0.25, 0.3) is 0 Å². The van der Waals surface area contributed by atoms with Crippen molar-refractivity contribution in [3.8, 4) is 0 Å². The second-order valence-corrected chi connectivity index (χ2v) is 8.79. The highest BCUT2D eigenvalue weighted by Crippen LogP contribution is 2.40. The molecule has 4 atom stereocenters. The van der Waals surface area contributed by atoms with E-state index >= 15 is 0 Å². The Labute approximate surface area is 166 Å². The number of phosphoric ester groups is 1. The van der Waals surface area contributed by atoms with Crippen LogP contribution in [0.15, 0.2) is 0 Å². The van der Waals surface area contributed by atoms with E-state index in [-0.39, 0.29) is 0 Å². The molecule has 0 aromatic heterocycles. The Kier molecular flexibility index (Phi) is 12.2. The number of aliphatic hydroxyl groups excluding tert-OH is 3. The van der Waals surface area contributed by atoms with E-state index in [4.69, 9.17) is 36.6 Å². The van der Waals surface area contributed by atoms with E-state index in [0.717, 1.165) is 0 Å². The topological polar surface area (TPSA) is 189 Å². The molecule has 1 heterocycles. The molecule has 3 rings (SSSR count). The van der Waals surface area contributed by atoms with Crippen LogP contribution in [-0.2, 0) is 13.8 Å². The van der Waals surface area contributed by atoms with Gasteiger partial charge in [-0.3, -0.25) is 4.52 Å². The summed E-state index contributed by atoms with van der Waals surface area (Å²) in [5, 5.41) is 26.9. The highest BCUT2D eigenvalue weighted by molar-refractivity contribution is 7.46. The first-order valence-corrected chi connectivity index (χ1v) is 11.5. The van der Waals surface area contributed by atoms with Crippen molar-refractivity contribution in [2.45, 2.75) is 101 Å². The lowest BCUT2D eigenvalue weighted by atomic mass is 9.97. The molecule has 11 heteroatoms. The zero-order valence-electron chi connectivity index (χ0n) is 16.3. The van der Waals surface area contributed by atoms with Crippen LogP contribution in [-0.4, -0.2) is 68.4 Å². The second-order valence-electron chi connectivity index (χ2n) is 7.60.